The predicted molar refractivity (Wildman–Crippen MR) is 97.0 cm³/mol. The van der Waals surface area contributed by atoms with E-state index in [-0.39, 0.29) is 11.8 Å². The Morgan fingerprint density at radius 3 is 2.67 bits per heavy atom. The van der Waals surface area contributed by atoms with E-state index in [0.717, 1.165) is 10.4 Å². The first-order chi connectivity index (χ1) is 11.7. The number of rotatable bonds is 8. The number of ether oxygens (including phenoxy) is 1. The molecular weight excluding hydrogens is 324 g/mol. The lowest BCUT2D eigenvalue weighted by atomic mass is 10.1. The van der Waals surface area contributed by atoms with E-state index in [1.54, 1.807) is 36.7 Å². The van der Waals surface area contributed by atoms with Gasteiger partial charge < -0.3 is 15.4 Å². The number of carbonyl (C=O) groups excluding carboxylic acids is 2. The molecule has 0 spiro atoms. The third kappa shape index (κ3) is 6.36. The molecule has 1 aromatic heterocycles. The highest BCUT2D eigenvalue weighted by molar-refractivity contribution is 7.10. The summed E-state index contributed by atoms with van der Waals surface area (Å²) in [6, 6.07) is 11.1. The van der Waals surface area contributed by atoms with Crippen LogP contribution >= 0.6 is 11.3 Å². The Balaban J connectivity index is 1.81. The number of thiophene rings is 1. The third-order valence-corrected chi connectivity index (χ3v) is 3.99. The summed E-state index contributed by atoms with van der Waals surface area (Å²) in [5.74, 6) is -0.240. The quantitative estimate of drug-likeness (QED) is 0.571. The van der Waals surface area contributed by atoms with Crippen LogP contribution in [0, 0.1) is 0 Å². The fourth-order valence-corrected chi connectivity index (χ4v) is 2.59. The van der Waals surface area contributed by atoms with Gasteiger partial charge in [0.1, 0.15) is 0 Å². The normalized spacial score (nSPS) is 10.7. The number of hydrogen-bond acceptors (Lipinski definition) is 4. The first kappa shape index (κ1) is 17.9. The van der Waals surface area contributed by atoms with Crippen LogP contribution in [0.3, 0.4) is 0 Å². The molecule has 5 nitrogen and oxygen atoms in total. The van der Waals surface area contributed by atoms with Crippen molar-refractivity contribution >= 4 is 34.9 Å². The first-order valence-corrected chi connectivity index (χ1v) is 8.42. The highest BCUT2D eigenvalue weighted by Gasteiger charge is 2.04. The molecule has 2 amide bonds. The van der Waals surface area contributed by atoms with Gasteiger partial charge in [0.25, 0.3) is 0 Å². The van der Waals surface area contributed by atoms with E-state index < -0.39 is 0 Å². The molecule has 2 rings (SSSR count). The van der Waals surface area contributed by atoms with Crippen molar-refractivity contribution in [2.45, 2.75) is 6.42 Å². The number of nitrogens with one attached hydrogen (secondary N) is 2. The minimum absolute atomic E-state index is 0.0530. The molecular formula is C18H20N2O3S. The average Bonchev–Trinajstić information content (AvgIpc) is 3.08. The third-order valence-electron chi connectivity index (χ3n) is 3.16. The molecule has 0 atom stereocenters. The van der Waals surface area contributed by atoms with E-state index in [4.69, 9.17) is 4.74 Å². The van der Waals surface area contributed by atoms with Gasteiger partial charge in [0.05, 0.1) is 13.0 Å². The lowest BCUT2D eigenvalue weighted by molar-refractivity contribution is -0.120. The summed E-state index contributed by atoms with van der Waals surface area (Å²) in [4.78, 5) is 24.6. The number of anilines is 1. The van der Waals surface area contributed by atoms with Crippen LogP contribution in [0.2, 0.25) is 0 Å². The van der Waals surface area contributed by atoms with Crippen molar-refractivity contribution in [2.75, 3.05) is 25.6 Å². The van der Waals surface area contributed by atoms with Crippen molar-refractivity contribution in [3.63, 3.8) is 0 Å². The van der Waals surface area contributed by atoms with Gasteiger partial charge in [-0.3, -0.25) is 9.59 Å². The van der Waals surface area contributed by atoms with Gasteiger partial charge in [-0.05, 0) is 35.2 Å². The Hall–Kier alpha value is -2.44. The second-order valence-electron chi connectivity index (χ2n) is 5.05. The van der Waals surface area contributed by atoms with E-state index in [2.05, 4.69) is 10.6 Å². The number of carbonyl (C=O) groups is 2. The second-order valence-corrected chi connectivity index (χ2v) is 6.03. The minimum atomic E-state index is -0.187. The zero-order valence-electron chi connectivity index (χ0n) is 13.5. The molecule has 0 radical (unpaired) electrons. The van der Waals surface area contributed by atoms with Crippen LogP contribution in [0.1, 0.15) is 10.4 Å². The van der Waals surface area contributed by atoms with Gasteiger partial charge in [0.2, 0.25) is 11.8 Å². The summed E-state index contributed by atoms with van der Waals surface area (Å²) >= 11 is 1.57. The first-order valence-electron chi connectivity index (χ1n) is 7.54. The Morgan fingerprint density at radius 2 is 2.00 bits per heavy atom. The van der Waals surface area contributed by atoms with Crippen LogP contribution in [-0.4, -0.2) is 32.1 Å². The Labute approximate surface area is 145 Å². The number of amides is 2. The van der Waals surface area contributed by atoms with Crippen LogP contribution in [0.25, 0.3) is 6.08 Å². The van der Waals surface area contributed by atoms with Gasteiger partial charge in [-0.1, -0.05) is 18.2 Å². The Kier molecular flexibility index (Phi) is 7.20. The number of methoxy groups -OCH3 is 1. The molecule has 0 saturated carbocycles. The van der Waals surface area contributed by atoms with Crippen molar-refractivity contribution in [1.82, 2.24) is 5.32 Å². The molecule has 1 aromatic carbocycles. The SMILES string of the molecule is COCCNC(=O)Cc1ccc(NC(=O)/C=C/c2cccs2)cc1. The number of benzene rings is 1. The molecule has 126 valence electrons. The van der Waals surface area contributed by atoms with Gasteiger partial charge >= 0.3 is 0 Å². The maximum Gasteiger partial charge on any atom is 0.248 e. The summed E-state index contributed by atoms with van der Waals surface area (Å²) in [5.41, 5.74) is 1.58. The van der Waals surface area contributed by atoms with Crippen LogP contribution in [0.4, 0.5) is 5.69 Å². The summed E-state index contributed by atoms with van der Waals surface area (Å²) in [6.07, 6.45) is 3.58. The molecule has 0 unspecified atom stereocenters. The van der Waals surface area contributed by atoms with Gasteiger partial charge in [0.15, 0.2) is 0 Å². The average molecular weight is 344 g/mol. The van der Waals surface area contributed by atoms with Gasteiger partial charge in [-0.15, -0.1) is 11.3 Å². The Morgan fingerprint density at radius 1 is 1.21 bits per heavy atom. The van der Waals surface area contributed by atoms with E-state index in [9.17, 15) is 9.59 Å². The molecule has 0 bridgehead atoms. The van der Waals surface area contributed by atoms with E-state index in [1.807, 2.05) is 29.6 Å². The smallest absolute Gasteiger partial charge is 0.248 e. The van der Waals surface area contributed by atoms with Crippen molar-refractivity contribution in [3.05, 3.63) is 58.3 Å². The predicted octanol–water partition coefficient (Wildman–Crippen LogP) is 2.71. The molecule has 2 N–H and O–H groups in total. The molecule has 0 aliphatic rings. The zero-order valence-corrected chi connectivity index (χ0v) is 14.3. The number of hydrogen-bond donors (Lipinski definition) is 2. The highest BCUT2D eigenvalue weighted by Crippen LogP contribution is 2.12. The van der Waals surface area contributed by atoms with Gasteiger partial charge in [-0.25, -0.2) is 0 Å². The standard InChI is InChI=1S/C18H20N2O3S/c1-23-11-10-19-18(22)13-14-4-6-15(7-5-14)20-17(21)9-8-16-3-2-12-24-16/h2-9,12H,10-11,13H2,1H3,(H,19,22)(H,20,21)/b9-8+. The second kappa shape index (κ2) is 9.64. The molecule has 6 heteroatoms. The fourth-order valence-electron chi connectivity index (χ4n) is 1.97. The monoisotopic (exact) mass is 344 g/mol. The minimum Gasteiger partial charge on any atom is -0.383 e. The highest BCUT2D eigenvalue weighted by atomic mass is 32.1. The summed E-state index contributed by atoms with van der Waals surface area (Å²) in [6.45, 7) is 0.996. The topological polar surface area (TPSA) is 67.4 Å². The van der Waals surface area contributed by atoms with E-state index in [1.165, 1.54) is 6.08 Å². The van der Waals surface area contributed by atoms with Gasteiger partial charge in [0, 0.05) is 30.3 Å². The van der Waals surface area contributed by atoms with Crippen LogP contribution in [0.5, 0.6) is 0 Å². The Bertz CT molecular complexity index is 679. The van der Waals surface area contributed by atoms with Crippen LogP contribution < -0.4 is 10.6 Å². The van der Waals surface area contributed by atoms with Crippen molar-refractivity contribution in [2.24, 2.45) is 0 Å². The molecule has 0 saturated heterocycles. The summed E-state index contributed by atoms with van der Waals surface area (Å²) in [7, 11) is 1.59. The molecule has 0 fully saturated rings. The maximum absolute atomic E-state index is 11.8. The van der Waals surface area contributed by atoms with E-state index >= 15 is 0 Å². The largest absolute Gasteiger partial charge is 0.383 e. The molecule has 1 heterocycles. The molecule has 0 aliphatic carbocycles. The zero-order chi connectivity index (χ0) is 17.2. The molecule has 0 aliphatic heterocycles. The lowest BCUT2D eigenvalue weighted by Gasteiger charge is -2.06. The summed E-state index contributed by atoms with van der Waals surface area (Å²) < 4.78 is 4.88. The van der Waals surface area contributed by atoms with Crippen LogP contribution in [0.15, 0.2) is 47.9 Å². The fraction of sp³-hybridized carbons (Fsp3) is 0.222. The van der Waals surface area contributed by atoms with Crippen LogP contribution in [-0.2, 0) is 20.7 Å². The van der Waals surface area contributed by atoms with Crippen molar-refractivity contribution in [3.8, 4) is 0 Å². The van der Waals surface area contributed by atoms with Crippen molar-refractivity contribution in [1.29, 1.82) is 0 Å². The lowest BCUT2D eigenvalue weighted by Crippen LogP contribution is -2.28. The molecule has 2 aromatic rings. The molecule has 24 heavy (non-hydrogen) atoms. The summed E-state index contributed by atoms with van der Waals surface area (Å²) in [5, 5.41) is 7.52. The maximum atomic E-state index is 11.8. The van der Waals surface area contributed by atoms with Crippen molar-refractivity contribution < 1.29 is 14.3 Å². The van der Waals surface area contributed by atoms with E-state index in [0.29, 0.717) is 25.3 Å². The van der Waals surface area contributed by atoms with Gasteiger partial charge in [-0.2, -0.15) is 0 Å².